The van der Waals surface area contributed by atoms with Crippen molar-refractivity contribution in [1.29, 1.82) is 0 Å². The molecule has 0 saturated carbocycles. The second kappa shape index (κ2) is 7.74. The summed E-state index contributed by atoms with van der Waals surface area (Å²) >= 11 is 0. The predicted molar refractivity (Wildman–Crippen MR) is 118 cm³/mol. The number of phenols is 1. The third-order valence-electron chi connectivity index (χ3n) is 6.40. The number of carbonyl (C=O) groups is 1. The van der Waals surface area contributed by atoms with Gasteiger partial charge in [-0.05, 0) is 41.5 Å². The molecule has 2 N–H and O–H groups in total. The van der Waals surface area contributed by atoms with Gasteiger partial charge < -0.3 is 38.5 Å². The summed E-state index contributed by atoms with van der Waals surface area (Å²) in [6.07, 6.45) is 1.60. The molecule has 2 aromatic carbocycles. The van der Waals surface area contributed by atoms with E-state index in [4.69, 9.17) is 23.4 Å². The van der Waals surface area contributed by atoms with Crippen molar-refractivity contribution in [2.45, 2.75) is 19.1 Å². The van der Waals surface area contributed by atoms with Gasteiger partial charge in [-0.15, -0.1) is 0 Å². The van der Waals surface area contributed by atoms with Crippen LogP contribution in [0.3, 0.4) is 0 Å². The number of aromatic hydroxyl groups is 1. The number of methoxy groups -OCH3 is 1. The maximum Gasteiger partial charge on any atom is 0.337 e. The SMILES string of the molecule is COc1cc(C2C3=C(COC3=O)N(Cc3ccco3)c3cc4c(cc32)OCO4)cc(CO)c1O. The van der Waals surface area contributed by atoms with Gasteiger partial charge in [-0.3, -0.25) is 0 Å². The molecule has 174 valence electrons. The number of aliphatic hydroxyl groups excluding tert-OH is 1. The molecule has 3 aromatic rings. The van der Waals surface area contributed by atoms with Crippen molar-refractivity contribution in [3.05, 3.63) is 76.4 Å². The molecule has 6 rings (SSSR count). The Kier molecular flexibility index (Phi) is 4.66. The molecule has 0 radical (unpaired) electrons. The van der Waals surface area contributed by atoms with Crippen molar-refractivity contribution in [1.82, 2.24) is 0 Å². The molecule has 1 unspecified atom stereocenters. The normalized spacial score (nSPS) is 18.1. The van der Waals surface area contributed by atoms with Crippen molar-refractivity contribution < 1.29 is 38.4 Å². The lowest BCUT2D eigenvalue weighted by molar-refractivity contribution is -0.136. The van der Waals surface area contributed by atoms with Gasteiger partial charge >= 0.3 is 5.97 Å². The van der Waals surface area contributed by atoms with Crippen LogP contribution in [-0.4, -0.2) is 36.7 Å². The second-order valence-electron chi connectivity index (χ2n) is 8.19. The first-order valence-electron chi connectivity index (χ1n) is 10.7. The van der Waals surface area contributed by atoms with Crippen LogP contribution in [0.25, 0.3) is 0 Å². The van der Waals surface area contributed by atoms with Gasteiger partial charge in [-0.1, -0.05) is 0 Å². The van der Waals surface area contributed by atoms with E-state index in [0.717, 1.165) is 22.7 Å². The summed E-state index contributed by atoms with van der Waals surface area (Å²) in [5.74, 6) is 1.00. The minimum atomic E-state index is -0.540. The number of anilines is 1. The standard InChI is InChI=1S/C25H21NO8/c1-30-21-6-13(5-14(10-27)24(21)28)22-16-7-19-20(34-12-33-19)8-17(16)26(9-15-3-2-4-31-15)18-11-32-25(29)23(18)22/h2-8,22,27-28H,9-12H2,1H3. The number of hydrogen-bond donors (Lipinski definition) is 2. The van der Waals surface area contributed by atoms with E-state index in [-0.39, 0.29) is 24.9 Å². The van der Waals surface area contributed by atoms with Crippen LogP contribution in [0.1, 0.15) is 28.4 Å². The van der Waals surface area contributed by atoms with Crippen molar-refractivity contribution in [3.8, 4) is 23.0 Å². The second-order valence-corrected chi connectivity index (χ2v) is 8.19. The summed E-state index contributed by atoms with van der Waals surface area (Å²) in [5, 5.41) is 20.2. The Labute approximate surface area is 194 Å². The fourth-order valence-electron chi connectivity index (χ4n) is 4.85. The topological polar surface area (TPSA) is 111 Å². The number of rotatable bonds is 5. The summed E-state index contributed by atoms with van der Waals surface area (Å²) in [5.41, 5.74) is 3.78. The minimum Gasteiger partial charge on any atom is -0.504 e. The van der Waals surface area contributed by atoms with E-state index in [2.05, 4.69) is 0 Å². The highest BCUT2D eigenvalue weighted by Gasteiger charge is 2.43. The van der Waals surface area contributed by atoms with E-state index in [1.54, 1.807) is 18.4 Å². The van der Waals surface area contributed by atoms with Crippen LogP contribution in [0.2, 0.25) is 0 Å². The van der Waals surface area contributed by atoms with Crippen LogP contribution in [0.15, 0.2) is 58.3 Å². The number of furan rings is 1. The molecule has 9 nitrogen and oxygen atoms in total. The van der Waals surface area contributed by atoms with E-state index in [0.29, 0.717) is 34.7 Å². The first-order chi connectivity index (χ1) is 16.6. The Hall–Kier alpha value is -4.11. The van der Waals surface area contributed by atoms with Gasteiger partial charge in [0.1, 0.15) is 12.4 Å². The number of nitrogens with zero attached hydrogens (tertiary/aromatic N) is 1. The van der Waals surface area contributed by atoms with E-state index >= 15 is 0 Å². The van der Waals surface area contributed by atoms with Gasteiger partial charge in [0.2, 0.25) is 6.79 Å². The van der Waals surface area contributed by atoms with Gasteiger partial charge in [0.05, 0.1) is 37.8 Å². The molecule has 4 heterocycles. The van der Waals surface area contributed by atoms with Crippen LogP contribution < -0.4 is 19.1 Å². The monoisotopic (exact) mass is 463 g/mol. The van der Waals surface area contributed by atoms with Gasteiger partial charge in [0, 0.05) is 23.2 Å². The molecule has 9 heteroatoms. The fraction of sp³-hybridized carbons (Fsp3) is 0.240. The summed E-state index contributed by atoms with van der Waals surface area (Å²) < 4.78 is 27.7. The Morgan fingerprint density at radius 2 is 1.97 bits per heavy atom. The fourth-order valence-corrected chi connectivity index (χ4v) is 4.85. The van der Waals surface area contributed by atoms with E-state index < -0.39 is 18.5 Å². The zero-order valence-corrected chi connectivity index (χ0v) is 18.2. The third-order valence-corrected chi connectivity index (χ3v) is 6.40. The lowest BCUT2D eigenvalue weighted by Gasteiger charge is -2.35. The zero-order chi connectivity index (χ0) is 23.4. The molecule has 0 aliphatic carbocycles. The number of cyclic esters (lactones) is 1. The van der Waals surface area contributed by atoms with Crippen molar-refractivity contribution in [3.63, 3.8) is 0 Å². The maximum absolute atomic E-state index is 13.0. The Morgan fingerprint density at radius 1 is 1.15 bits per heavy atom. The van der Waals surface area contributed by atoms with Crippen LogP contribution in [0.4, 0.5) is 5.69 Å². The first-order valence-corrected chi connectivity index (χ1v) is 10.7. The number of carbonyl (C=O) groups excluding carboxylic acids is 1. The molecule has 1 aromatic heterocycles. The zero-order valence-electron chi connectivity index (χ0n) is 18.2. The van der Waals surface area contributed by atoms with Gasteiger partial charge in [0.25, 0.3) is 0 Å². The lowest BCUT2D eigenvalue weighted by Crippen LogP contribution is -2.30. The summed E-state index contributed by atoms with van der Waals surface area (Å²) in [7, 11) is 1.44. The number of fused-ring (bicyclic) bond motifs is 2. The number of benzene rings is 2. The Bertz CT molecular complexity index is 1300. The van der Waals surface area contributed by atoms with Crippen LogP contribution >= 0.6 is 0 Å². The highest BCUT2D eigenvalue weighted by Crippen LogP contribution is 2.52. The summed E-state index contributed by atoms with van der Waals surface area (Å²) in [4.78, 5) is 15.0. The number of ether oxygens (including phenoxy) is 4. The van der Waals surface area contributed by atoms with E-state index in [9.17, 15) is 15.0 Å². The van der Waals surface area contributed by atoms with Crippen molar-refractivity contribution >= 4 is 11.7 Å². The van der Waals surface area contributed by atoms with E-state index in [1.807, 2.05) is 29.2 Å². The molecule has 0 bridgehead atoms. The summed E-state index contributed by atoms with van der Waals surface area (Å²) in [6.45, 7) is 0.222. The average Bonchev–Trinajstić information content (AvgIpc) is 3.60. The minimum absolute atomic E-state index is 0.109. The molecular formula is C25H21NO8. The quantitative estimate of drug-likeness (QED) is 0.551. The molecular weight excluding hydrogens is 442 g/mol. The number of aliphatic hydroxyl groups is 1. The molecule has 0 spiro atoms. The molecule has 0 saturated heterocycles. The summed E-state index contributed by atoms with van der Waals surface area (Å²) in [6, 6.07) is 10.8. The lowest BCUT2D eigenvalue weighted by atomic mass is 9.79. The highest BCUT2D eigenvalue weighted by molar-refractivity contribution is 5.98. The van der Waals surface area contributed by atoms with Crippen LogP contribution in [-0.2, 0) is 22.7 Å². The number of esters is 1. The molecule has 0 fully saturated rings. The Balaban J connectivity index is 1.60. The van der Waals surface area contributed by atoms with Gasteiger partial charge in [-0.25, -0.2) is 4.79 Å². The average molecular weight is 463 g/mol. The highest BCUT2D eigenvalue weighted by atomic mass is 16.7. The Morgan fingerprint density at radius 3 is 2.71 bits per heavy atom. The molecule has 3 aliphatic heterocycles. The first kappa shape index (κ1) is 20.5. The number of hydrogen-bond acceptors (Lipinski definition) is 9. The van der Waals surface area contributed by atoms with Crippen molar-refractivity contribution in [2.24, 2.45) is 0 Å². The maximum atomic E-state index is 13.0. The molecule has 3 aliphatic rings. The predicted octanol–water partition coefficient (Wildman–Crippen LogP) is 3.18. The van der Waals surface area contributed by atoms with Crippen molar-refractivity contribution in [2.75, 3.05) is 25.4 Å². The van der Waals surface area contributed by atoms with Gasteiger partial charge in [-0.2, -0.15) is 0 Å². The molecule has 1 atom stereocenters. The molecule has 0 amide bonds. The largest absolute Gasteiger partial charge is 0.504 e. The third kappa shape index (κ3) is 3.01. The smallest absolute Gasteiger partial charge is 0.337 e. The van der Waals surface area contributed by atoms with Gasteiger partial charge in [0.15, 0.2) is 23.0 Å². The molecule has 34 heavy (non-hydrogen) atoms. The van der Waals surface area contributed by atoms with E-state index in [1.165, 1.54) is 7.11 Å². The van der Waals surface area contributed by atoms with Crippen LogP contribution in [0.5, 0.6) is 23.0 Å². The van der Waals surface area contributed by atoms with Crippen LogP contribution in [0, 0.1) is 0 Å².